The van der Waals surface area contributed by atoms with Crippen LogP contribution in [0.5, 0.6) is 5.75 Å². The maximum Gasteiger partial charge on any atom is 0.269 e. The van der Waals surface area contributed by atoms with Gasteiger partial charge in [-0.05, 0) is 57.1 Å². The highest BCUT2D eigenvalue weighted by atomic mass is 32.1. The molecule has 2 aromatic heterocycles. The van der Waals surface area contributed by atoms with E-state index in [9.17, 15) is 4.79 Å². The van der Waals surface area contributed by atoms with Crippen LogP contribution in [0.25, 0.3) is 11.3 Å². The van der Waals surface area contributed by atoms with E-state index in [0.717, 1.165) is 54.6 Å². The van der Waals surface area contributed by atoms with Gasteiger partial charge in [0, 0.05) is 36.1 Å². The van der Waals surface area contributed by atoms with Gasteiger partial charge < -0.3 is 15.0 Å². The lowest BCUT2D eigenvalue weighted by Crippen LogP contribution is -2.32. The molecule has 8 heteroatoms. The van der Waals surface area contributed by atoms with E-state index in [1.54, 1.807) is 25.5 Å². The first-order valence-electron chi connectivity index (χ1n) is 10.2. The minimum Gasteiger partial charge on any atom is -0.497 e. The molecule has 1 saturated heterocycles. The Kier molecular flexibility index (Phi) is 6.15. The Morgan fingerprint density at radius 3 is 2.63 bits per heavy atom. The SMILES string of the molecule is CNC(=O)c1[nH]c(C2CCN(Cc3cnc(C)s3)CC2)nc1-c1ccc(OC)cc1. The molecule has 1 amide bonds. The summed E-state index contributed by atoms with van der Waals surface area (Å²) in [5.74, 6) is 1.84. The maximum atomic E-state index is 12.5. The Morgan fingerprint density at radius 2 is 2.03 bits per heavy atom. The number of piperidine rings is 1. The lowest BCUT2D eigenvalue weighted by Gasteiger charge is -2.30. The number of nitrogens with zero attached hydrogens (tertiary/aromatic N) is 3. The van der Waals surface area contributed by atoms with Crippen LogP contribution in [0.3, 0.4) is 0 Å². The number of hydrogen-bond acceptors (Lipinski definition) is 6. The van der Waals surface area contributed by atoms with Crippen molar-refractivity contribution in [3.63, 3.8) is 0 Å². The Bertz CT molecular complexity index is 1000. The van der Waals surface area contributed by atoms with Crippen LogP contribution < -0.4 is 10.1 Å². The number of amides is 1. The van der Waals surface area contributed by atoms with Crippen molar-refractivity contribution in [1.82, 2.24) is 25.2 Å². The fourth-order valence-electron chi connectivity index (χ4n) is 3.90. The molecule has 4 rings (SSSR count). The first kappa shape index (κ1) is 20.6. The van der Waals surface area contributed by atoms with Crippen LogP contribution >= 0.6 is 11.3 Å². The van der Waals surface area contributed by atoms with Gasteiger partial charge in [-0.15, -0.1) is 11.3 Å². The molecule has 0 aliphatic carbocycles. The second-order valence-electron chi connectivity index (χ2n) is 7.55. The molecule has 2 N–H and O–H groups in total. The molecule has 0 unspecified atom stereocenters. The molecule has 30 heavy (non-hydrogen) atoms. The van der Waals surface area contributed by atoms with Crippen LogP contribution in [0, 0.1) is 6.92 Å². The summed E-state index contributed by atoms with van der Waals surface area (Å²) in [5, 5.41) is 3.83. The standard InChI is InChI=1S/C22H27N5O2S/c1-14-24-12-18(30-14)13-27-10-8-16(9-11-27)21-25-19(20(26-21)22(28)23-2)15-4-6-17(29-3)7-5-15/h4-7,12,16H,8-11,13H2,1-3H3,(H,23,28)(H,25,26). The zero-order valence-electron chi connectivity index (χ0n) is 17.6. The number of nitrogens with one attached hydrogen (secondary N) is 2. The summed E-state index contributed by atoms with van der Waals surface area (Å²) in [7, 11) is 3.28. The average Bonchev–Trinajstić information content (AvgIpc) is 3.40. The Hall–Kier alpha value is -2.71. The second kappa shape index (κ2) is 8.97. The summed E-state index contributed by atoms with van der Waals surface area (Å²) in [4.78, 5) is 28.8. The number of ether oxygens (including phenoxy) is 1. The first-order chi connectivity index (χ1) is 14.6. The van der Waals surface area contributed by atoms with Crippen molar-refractivity contribution in [2.24, 2.45) is 0 Å². The number of H-pyrrole nitrogens is 1. The van der Waals surface area contributed by atoms with Gasteiger partial charge in [-0.3, -0.25) is 9.69 Å². The summed E-state index contributed by atoms with van der Waals surface area (Å²) < 4.78 is 5.24. The van der Waals surface area contributed by atoms with Gasteiger partial charge in [0.05, 0.1) is 12.1 Å². The molecule has 3 heterocycles. The first-order valence-corrected chi connectivity index (χ1v) is 11.0. The quantitative estimate of drug-likeness (QED) is 0.631. The fraction of sp³-hybridized carbons (Fsp3) is 0.409. The third kappa shape index (κ3) is 4.39. The number of hydrogen-bond donors (Lipinski definition) is 2. The van der Waals surface area contributed by atoms with Crippen molar-refractivity contribution in [1.29, 1.82) is 0 Å². The van der Waals surface area contributed by atoms with Gasteiger partial charge in [0.25, 0.3) is 5.91 Å². The zero-order chi connectivity index (χ0) is 21.1. The minimum absolute atomic E-state index is 0.155. The van der Waals surface area contributed by atoms with Crippen molar-refractivity contribution in [3.05, 3.63) is 51.9 Å². The third-order valence-corrected chi connectivity index (χ3v) is 6.46. The minimum atomic E-state index is -0.155. The van der Waals surface area contributed by atoms with E-state index in [2.05, 4.69) is 20.2 Å². The smallest absolute Gasteiger partial charge is 0.269 e. The number of benzene rings is 1. The van der Waals surface area contributed by atoms with Crippen LogP contribution in [-0.2, 0) is 6.54 Å². The molecule has 158 valence electrons. The van der Waals surface area contributed by atoms with E-state index in [4.69, 9.17) is 9.72 Å². The molecule has 0 saturated carbocycles. The molecule has 1 aliphatic heterocycles. The second-order valence-corrected chi connectivity index (χ2v) is 8.87. The van der Waals surface area contributed by atoms with E-state index >= 15 is 0 Å². The van der Waals surface area contributed by atoms with Gasteiger partial charge in [0.2, 0.25) is 0 Å². The Labute approximate surface area is 180 Å². The molecule has 7 nitrogen and oxygen atoms in total. The van der Waals surface area contributed by atoms with Gasteiger partial charge in [-0.1, -0.05) is 0 Å². The number of aromatic amines is 1. The third-order valence-electron chi connectivity index (χ3n) is 5.56. The van der Waals surface area contributed by atoms with Gasteiger partial charge in [0.15, 0.2) is 0 Å². The van der Waals surface area contributed by atoms with Crippen LogP contribution in [0.4, 0.5) is 0 Å². The normalized spacial score (nSPS) is 15.3. The van der Waals surface area contributed by atoms with Crippen LogP contribution in [0.15, 0.2) is 30.5 Å². The number of thiazole rings is 1. The van der Waals surface area contributed by atoms with E-state index in [1.165, 1.54) is 4.88 Å². The van der Waals surface area contributed by atoms with Crippen LogP contribution in [0.1, 0.15) is 45.0 Å². The number of likely N-dealkylation sites (tertiary alicyclic amines) is 1. The highest BCUT2D eigenvalue weighted by Crippen LogP contribution is 2.31. The van der Waals surface area contributed by atoms with Crippen LogP contribution in [-0.4, -0.2) is 53.0 Å². The molecule has 0 bridgehead atoms. The molecular formula is C22H27N5O2S. The highest BCUT2D eigenvalue weighted by Gasteiger charge is 2.26. The van der Waals surface area contributed by atoms with Gasteiger partial charge in [0.1, 0.15) is 23.0 Å². The molecule has 3 aromatic rings. The Morgan fingerprint density at radius 1 is 1.30 bits per heavy atom. The predicted molar refractivity (Wildman–Crippen MR) is 118 cm³/mol. The van der Waals surface area contributed by atoms with Crippen molar-refractivity contribution in [2.45, 2.75) is 32.2 Å². The van der Waals surface area contributed by atoms with Crippen molar-refractivity contribution in [2.75, 3.05) is 27.2 Å². The lowest BCUT2D eigenvalue weighted by molar-refractivity contribution is 0.0959. The van der Waals surface area contributed by atoms with Gasteiger partial charge in [-0.25, -0.2) is 9.97 Å². The molecule has 1 aliphatic rings. The molecule has 1 aromatic carbocycles. The molecule has 0 radical (unpaired) electrons. The van der Waals surface area contributed by atoms with Crippen molar-refractivity contribution >= 4 is 17.2 Å². The number of methoxy groups -OCH3 is 1. The van der Waals surface area contributed by atoms with Gasteiger partial charge >= 0.3 is 0 Å². The summed E-state index contributed by atoms with van der Waals surface area (Å²) >= 11 is 1.77. The summed E-state index contributed by atoms with van der Waals surface area (Å²) in [6.07, 6.45) is 4.01. The average molecular weight is 426 g/mol. The lowest BCUT2D eigenvalue weighted by atomic mass is 9.96. The molecular weight excluding hydrogens is 398 g/mol. The van der Waals surface area contributed by atoms with Gasteiger partial charge in [-0.2, -0.15) is 0 Å². The monoisotopic (exact) mass is 425 g/mol. The summed E-state index contributed by atoms with van der Waals surface area (Å²) in [6.45, 7) is 5.02. The summed E-state index contributed by atoms with van der Waals surface area (Å²) in [6, 6.07) is 7.64. The number of imidazole rings is 1. The van der Waals surface area contributed by atoms with Crippen molar-refractivity contribution in [3.8, 4) is 17.0 Å². The van der Waals surface area contributed by atoms with E-state index in [1.807, 2.05) is 37.4 Å². The molecule has 0 spiro atoms. The van der Waals surface area contributed by atoms with E-state index < -0.39 is 0 Å². The molecule has 0 atom stereocenters. The number of rotatable bonds is 6. The number of carbonyl (C=O) groups is 1. The van der Waals surface area contributed by atoms with Crippen LogP contribution in [0.2, 0.25) is 0 Å². The molecule has 1 fully saturated rings. The van der Waals surface area contributed by atoms with Crippen molar-refractivity contribution < 1.29 is 9.53 Å². The maximum absolute atomic E-state index is 12.5. The number of aromatic nitrogens is 3. The number of aryl methyl sites for hydroxylation is 1. The number of carbonyl (C=O) groups excluding carboxylic acids is 1. The topological polar surface area (TPSA) is 83.1 Å². The summed E-state index contributed by atoms with van der Waals surface area (Å²) in [5.41, 5.74) is 2.10. The van der Waals surface area contributed by atoms with E-state index in [-0.39, 0.29) is 5.91 Å². The zero-order valence-corrected chi connectivity index (χ0v) is 18.4. The Balaban J connectivity index is 1.50. The largest absolute Gasteiger partial charge is 0.497 e. The highest BCUT2D eigenvalue weighted by molar-refractivity contribution is 7.11. The fourth-order valence-corrected chi connectivity index (χ4v) is 4.73. The van der Waals surface area contributed by atoms with E-state index in [0.29, 0.717) is 17.3 Å². The predicted octanol–water partition coefficient (Wildman–Crippen LogP) is 3.59.